The van der Waals surface area contributed by atoms with Crippen LogP contribution in [0.15, 0.2) is 17.4 Å². The van der Waals surface area contributed by atoms with Crippen molar-refractivity contribution in [2.45, 2.75) is 48.5 Å². The molecule has 0 amide bonds. The Hall–Kier alpha value is -1.01. The molecule has 0 fully saturated rings. The topological polar surface area (TPSA) is 26.3 Å². The Bertz CT molecular complexity index is 310. The average Bonchev–Trinajstić information content (AvgIpc) is 2.13. The predicted octanol–water partition coefficient (Wildman–Crippen LogP) is 3.72. The van der Waals surface area contributed by atoms with Gasteiger partial charge in [-0.15, -0.1) is 5.73 Å². The normalized spacial score (nSPS) is 11.7. The summed E-state index contributed by atoms with van der Waals surface area (Å²) in [4.78, 5) is 11.6. The molecule has 0 spiro atoms. The molecule has 16 heavy (non-hydrogen) atoms. The Balaban J connectivity index is 4.96. The zero-order chi connectivity index (χ0) is 13.0. The highest BCUT2D eigenvalue weighted by molar-refractivity contribution is 5.78. The molecule has 0 saturated heterocycles. The van der Waals surface area contributed by atoms with Gasteiger partial charge in [0.1, 0.15) is 0 Å². The van der Waals surface area contributed by atoms with Crippen LogP contribution in [0.2, 0.25) is 0 Å². The van der Waals surface area contributed by atoms with Crippen LogP contribution in [0.4, 0.5) is 0 Å². The van der Waals surface area contributed by atoms with Crippen molar-refractivity contribution in [1.82, 2.24) is 0 Å². The van der Waals surface area contributed by atoms with Gasteiger partial charge in [-0.05, 0) is 44.8 Å². The number of carbonyl (C=O) groups excluding carboxylic acids is 1. The van der Waals surface area contributed by atoms with E-state index in [-0.39, 0.29) is 11.4 Å². The first-order valence-electron chi connectivity index (χ1n) is 5.73. The summed E-state index contributed by atoms with van der Waals surface area (Å²) < 4.78 is 5.01. The van der Waals surface area contributed by atoms with Crippen LogP contribution >= 0.6 is 0 Å². The van der Waals surface area contributed by atoms with E-state index in [4.69, 9.17) is 4.74 Å². The highest BCUT2D eigenvalue weighted by atomic mass is 16.5. The zero-order valence-corrected chi connectivity index (χ0v) is 11.6. The lowest BCUT2D eigenvalue weighted by molar-refractivity contribution is -0.150. The molecular formula is C14H24O2. The van der Waals surface area contributed by atoms with E-state index in [0.717, 1.165) is 5.57 Å². The number of esters is 1. The van der Waals surface area contributed by atoms with Gasteiger partial charge in [0.05, 0.1) is 12.0 Å². The summed E-state index contributed by atoms with van der Waals surface area (Å²) in [5.41, 5.74) is 3.80. The average molecular weight is 224 g/mol. The summed E-state index contributed by atoms with van der Waals surface area (Å²) in [6.45, 7) is 14.3. The molecule has 0 unspecified atom stereocenters. The smallest absolute Gasteiger partial charge is 0.315 e. The Morgan fingerprint density at radius 2 is 1.75 bits per heavy atom. The molecule has 0 atom stereocenters. The molecule has 2 nitrogen and oxygen atoms in total. The fourth-order valence-electron chi connectivity index (χ4n) is 0.881. The molecule has 0 bridgehead atoms. The second kappa shape index (κ2) is 5.36. The fraction of sp³-hybridized carbons (Fsp3) is 0.714. The summed E-state index contributed by atoms with van der Waals surface area (Å²) in [5, 5.41) is 0. The van der Waals surface area contributed by atoms with Gasteiger partial charge in [0.25, 0.3) is 0 Å². The highest BCUT2D eigenvalue weighted by Crippen LogP contribution is 2.25. The molecule has 2 heteroatoms. The van der Waals surface area contributed by atoms with Crippen LogP contribution in [-0.2, 0) is 9.53 Å². The lowest BCUT2D eigenvalue weighted by atomic mass is 9.86. The molecule has 0 N–H and O–H groups in total. The summed E-state index contributed by atoms with van der Waals surface area (Å²) in [6, 6.07) is 0. The van der Waals surface area contributed by atoms with Crippen molar-refractivity contribution in [3.05, 3.63) is 17.4 Å². The van der Waals surface area contributed by atoms with E-state index >= 15 is 0 Å². The van der Waals surface area contributed by atoms with Gasteiger partial charge in [0.15, 0.2) is 0 Å². The third-order valence-corrected chi connectivity index (χ3v) is 2.58. The standard InChI is InChI=1S/C14H24O2/c1-8-16-12(15)14(6,7)10-9-11(2)13(3,4)5/h10H,8H2,1-7H3. The van der Waals surface area contributed by atoms with Gasteiger partial charge in [0, 0.05) is 0 Å². The van der Waals surface area contributed by atoms with Crippen LogP contribution in [0, 0.1) is 10.8 Å². The van der Waals surface area contributed by atoms with Crippen molar-refractivity contribution in [1.29, 1.82) is 0 Å². The van der Waals surface area contributed by atoms with E-state index in [0.29, 0.717) is 6.61 Å². The molecule has 0 aromatic carbocycles. The second-order valence-electron chi connectivity index (χ2n) is 5.61. The van der Waals surface area contributed by atoms with Gasteiger partial charge in [-0.3, -0.25) is 4.79 Å². The van der Waals surface area contributed by atoms with E-state index in [1.54, 1.807) is 6.08 Å². The maximum Gasteiger partial charge on any atom is 0.315 e. The fourth-order valence-corrected chi connectivity index (χ4v) is 0.881. The minimum Gasteiger partial charge on any atom is -0.465 e. The maximum absolute atomic E-state index is 11.6. The van der Waals surface area contributed by atoms with Gasteiger partial charge in [-0.25, -0.2) is 0 Å². The first kappa shape index (κ1) is 15.0. The number of hydrogen-bond acceptors (Lipinski definition) is 2. The van der Waals surface area contributed by atoms with E-state index in [1.807, 2.05) is 27.7 Å². The summed E-state index contributed by atoms with van der Waals surface area (Å²) in [5.74, 6) is -0.204. The van der Waals surface area contributed by atoms with Crippen LogP contribution in [0.1, 0.15) is 48.5 Å². The molecule has 0 radical (unpaired) electrons. The molecule has 0 aliphatic rings. The minimum absolute atomic E-state index is 0.0846. The van der Waals surface area contributed by atoms with Crippen LogP contribution in [-0.4, -0.2) is 12.6 Å². The Morgan fingerprint density at radius 3 is 2.12 bits per heavy atom. The third-order valence-electron chi connectivity index (χ3n) is 2.58. The second-order valence-corrected chi connectivity index (χ2v) is 5.61. The van der Waals surface area contributed by atoms with Crippen molar-refractivity contribution in [3.63, 3.8) is 0 Å². The van der Waals surface area contributed by atoms with Crippen LogP contribution in [0.3, 0.4) is 0 Å². The summed E-state index contributed by atoms with van der Waals surface area (Å²) >= 11 is 0. The van der Waals surface area contributed by atoms with Crippen molar-refractivity contribution in [3.8, 4) is 0 Å². The van der Waals surface area contributed by atoms with Crippen LogP contribution in [0.5, 0.6) is 0 Å². The first-order chi connectivity index (χ1) is 7.11. The number of rotatable bonds is 3. The molecule has 0 heterocycles. The van der Waals surface area contributed by atoms with E-state index in [1.165, 1.54) is 0 Å². The highest BCUT2D eigenvalue weighted by Gasteiger charge is 2.26. The molecule has 0 aromatic heterocycles. The third kappa shape index (κ3) is 4.67. The van der Waals surface area contributed by atoms with Crippen molar-refractivity contribution in [2.75, 3.05) is 6.61 Å². The largest absolute Gasteiger partial charge is 0.465 e. The van der Waals surface area contributed by atoms with Crippen LogP contribution in [0.25, 0.3) is 0 Å². The first-order valence-corrected chi connectivity index (χ1v) is 5.73. The zero-order valence-electron chi connectivity index (χ0n) is 11.6. The lowest BCUT2D eigenvalue weighted by Gasteiger charge is -2.19. The molecule has 0 aromatic rings. The van der Waals surface area contributed by atoms with E-state index < -0.39 is 5.41 Å². The van der Waals surface area contributed by atoms with Crippen LogP contribution < -0.4 is 0 Å². The minimum atomic E-state index is -0.609. The van der Waals surface area contributed by atoms with E-state index in [9.17, 15) is 4.79 Å². The van der Waals surface area contributed by atoms with Gasteiger partial charge in [0.2, 0.25) is 0 Å². The van der Waals surface area contributed by atoms with Gasteiger partial charge in [-0.1, -0.05) is 20.8 Å². The number of ether oxygens (including phenoxy) is 1. The summed E-state index contributed by atoms with van der Waals surface area (Å²) in [6.07, 6.45) is 1.80. The van der Waals surface area contributed by atoms with Gasteiger partial charge >= 0.3 is 5.97 Å². The number of hydrogen-bond donors (Lipinski definition) is 0. The molecule has 92 valence electrons. The molecule has 0 saturated carbocycles. The quantitative estimate of drug-likeness (QED) is 0.539. The molecule has 0 aliphatic carbocycles. The Kier molecular flexibility index (Phi) is 5.02. The number of carbonyl (C=O) groups is 1. The van der Waals surface area contributed by atoms with E-state index in [2.05, 4.69) is 26.5 Å². The monoisotopic (exact) mass is 224 g/mol. The maximum atomic E-state index is 11.6. The van der Waals surface area contributed by atoms with Crippen molar-refractivity contribution < 1.29 is 9.53 Å². The SMILES string of the molecule is CCOC(=O)C(C)(C)C=C=C(C)C(C)(C)C. The van der Waals surface area contributed by atoms with Gasteiger partial charge < -0.3 is 4.74 Å². The molecule has 0 rings (SSSR count). The van der Waals surface area contributed by atoms with Crippen molar-refractivity contribution in [2.24, 2.45) is 10.8 Å². The predicted molar refractivity (Wildman–Crippen MR) is 67.1 cm³/mol. The summed E-state index contributed by atoms with van der Waals surface area (Å²) in [7, 11) is 0. The Morgan fingerprint density at radius 1 is 1.25 bits per heavy atom. The lowest BCUT2D eigenvalue weighted by Crippen LogP contribution is -2.24. The molecular weight excluding hydrogens is 200 g/mol. The Labute approximate surface area is 99.4 Å². The van der Waals surface area contributed by atoms with Gasteiger partial charge in [-0.2, -0.15) is 0 Å². The molecule has 0 aliphatic heterocycles. The van der Waals surface area contributed by atoms with Crippen molar-refractivity contribution >= 4 is 5.97 Å².